The minimum absolute atomic E-state index is 0.0949. The molecule has 1 atom stereocenters. The van der Waals surface area contributed by atoms with Gasteiger partial charge < -0.3 is 15.0 Å². The van der Waals surface area contributed by atoms with Crippen LogP contribution in [0.15, 0.2) is 36.8 Å². The monoisotopic (exact) mass is 459 g/mol. The number of rotatable bonds is 6. The first kappa shape index (κ1) is 20.9. The summed E-state index contributed by atoms with van der Waals surface area (Å²) >= 11 is 6.91. The highest BCUT2D eigenvalue weighted by molar-refractivity contribution is 7.17. The molecule has 10 nitrogen and oxygen atoms in total. The molecular weight excluding hydrogens is 442 g/mol. The molecule has 0 radical (unpaired) electrons. The van der Waals surface area contributed by atoms with Gasteiger partial charge in [0.1, 0.15) is 12.6 Å². The summed E-state index contributed by atoms with van der Waals surface area (Å²) in [6.07, 6.45) is 4.64. The molecule has 12 heteroatoms. The summed E-state index contributed by atoms with van der Waals surface area (Å²) in [6, 6.07) is 4.67. The number of nitrogens with one attached hydrogen (secondary N) is 2. The van der Waals surface area contributed by atoms with Gasteiger partial charge in [0.2, 0.25) is 11.0 Å². The molecule has 2 N–H and O–H groups in total. The highest BCUT2D eigenvalue weighted by Gasteiger charge is 2.28. The van der Waals surface area contributed by atoms with E-state index in [1.165, 1.54) is 12.4 Å². The van der Waals surface area contributed by atoms with Crippen LogP contribution in [0.5, 0.6) is 5.19 Å². The summed E-state index contributed by atoms with van der Waals surface area (Å²) in [6.45, 7) is 3.06. The van der Waals surface area contributed by atoms with E-state index >= 15 is 0 Å². The van der Waals surface area contributed by atoms with Gasteiger partial charge in [-0.15, -0.1) is 5.10 Å². The Labute approximate surface area is 186 Å². The number of aromatic nitrogens is 4. The predicted octanol–water partition coefficient (Wildman–Crippen LogP) is 2.14. The molecular formula is C19H18ClN7O3S. The number of pyridine rings is 2. The molecule has 1 fully saturated rings. The highest BCUT2D eigenvalue weighted by Crippen LogP contribution is 2.27. The smallest absolute Gasteiger partial charge is 0.296 e. The van der Waals surface area contributed by atoms with E-state index in [4.69, 9.17) is 16.3 Å². The predicted molar refractivity (Wildman–Crippen MR) is 115 cm³/mol. The molecule has 31 heavy (non-hydrogen) atoms. The first-order valence-corrected chi connectivity index (χ1v) is 10.6. The molecule has 0 aliphatic carbocycles. The lowest BCUT2D eigenvalue weighted by molar-refractivity contribution is -0.122. The largest absolute Gasteiger partial charge is 0.462 e. The van der Waals surface area contributed by atoms with E-state index in [1.54, 1.807) is 31.3 Å². The fourth-order valence-corrected chi connectivity index (χ4v) is 3.73. The van der Waals surface area contributed by atoms with Gasteiger partial charge >= 0.3 is 0 Å². The Morgan fingerprint density at radius 1 is 1.35 bits per heavy atom. The lowest BCUT2D eigenvalue weighted by Crippen LogP contribution is -2.54. The second-order valence-corrected chi connectivity index (χ2v) is 8.01. The number of nitrogens with zero attached hydrogens (tertiary/aromatic N) is 5. The third kappa shape index (κ3) is 4.89. The zero-order valence-electron chi connectivity index (χ0n) is 16.4. The summed E-state index contributed by atoms with van der Waals surface area (Å²) < 4.78 is 5.57. The lowest BCUT2D eigenvalue weighted by Gasteiger charge is -2.35. The van der Waals surface area contributed by atoms with E-state index in [9.17, 15) is 9.59 Å². The van der Waals surface area contributed by atoms with Crippen LogP contribution in [0.4, 0.5) is 10.8 Å². The summed E-state index contributed by atoms with van der Waals surface area (Å²) in [4.78, 5) is 35.0. The van der Waals surface area contributed by atoms with E-state index < -0.39 is 6.04 Å². The van der Waals surface area contributed by atoms with Crippen molar-refractivity contribution >= 4 is 45.6 Å². The average molecular weight is 460 g/mol. The van der Waals surface area contributed by atoms with Gasteiger partial charge in [0, 0.05) is 25.5 Å². The number of piperazine rings is 1. The van der Waals surface area contributed by atoms with Gasteiger partial charge in [-0.05, 0) is 36.5 Å². The van der Waals surface area contributed by atoms with E-state index in [-0.39, 0.29) is 23.6 Å². The van der Waals surface area contributed by atoms with Crippen molar-refractivity contribution in [3.8, 4) is 5.19 Å². The van der Waals surface area contributed by atoms with E-state index in [0.29, 0.717) is 40.3 Å². The zero-order chi connectivity index (χ0) is 21.8. The number of anilines is 2. The van der Waals surface area contributed by atoms with Crippen molar-refractivity contribution in [3.63, 3.8) is 0 Å². The Morgan fingerprint density at radius 2 is 2.23 bits per heavy atom. The van der Waals surface area contributed by atoms with Crippen LogP contribution >= 0.6 is 22.9 Å². The van der Waals surface area contributed by atoms with E-state index in [0.717, 1.165) is 11.3 Å². The maximum absolute atomic E-state index is 12.9. The summed E-state index contributed by atoms with van der Waals surface area (Å²) in [5, 5.41) is 14.5. The van der Waals surface area contributed by atoms with Crippen LogP contribution in [-0.2, 0) is 11.4 Å². The van der Waals surface area contributed by atoms with Crippen LogP contribution in [0.2, 0.25) is 5.02 Å². The summed E-state index contributed by atoms with van der Waals surface area (Å²) in [5.41, 5.74) is 1.66. The number of ether oxygens (including phenoxy) is 1. The standard InChI is InChI=1S/C19H18ClN7O3S/c1-11-16(28)22-6-7-27(11)15-9-21-5-4-14(15)17(29)24-18-25-26-19(31-18)30-10-13-3-2-12(20)8-23-13/h2-5,8-9,11H,6-7,10H2,1H3,(H,22,28)(H,24,25,29)/t11-/m0/s1. The molecule has 3 aromatic rings. The quantitative estimate of drug-likeness (QED) is 0.574. The molecule has 0 unspecified atom stereocenters. The maximum Gasteiger partial charge on any atom is 0.296 e. The van der Waals surface area contributed by atoms with Gasteiger partial charge in [-0.25, -0.2) is 0 Å². The van der Waals surface area contributed by atoms with Gasteiger partial charge in [-0.1, -0.05) is 16.7 Å². The zero-order valence-corrected chi connectivity index (χ0v) is 18.0. The van der Waals surface area contributed by atoms with Gasteiger partial charge in [0.05, 0.1) is 28.2 Å². The third-order valence-electron chi connectivity index (χ3n) is 4.61. The molecule has 4 rings (SSSR count). The van der Waals surface area contributed by atoms with Crippen LogP contribution in [0.1, 0.15) is 23.0 Å². The molecule has 160 valence electrons. The average Bonchev–Trinajstić information content (AvgIpc) is 3.22. The van der Waals surface area contributed by atoms with Crippen molar-refractivity contribution in [1.82, 2.24) is 25.5 Å². The van der Waals surface area contributed by atoms with Gasteiger partial charge in [-0.2, -0.15) is 0 Å². The van der Waals surface area contributed by atoms with Crippen molar-refractivity contribution in [3.05, 3.63) is 53.1 Å². The normalized spacial score (nSPS) is 16.0. The number of hydrogen-bond acceptors (Lipinski definition) is 9. The third-order valence-corrected chi connectivity index (χ3v) is 5.59. The van der Waals surface area contributed by atoms with Gasteiger partial charge in [0.25, 0.3) is 11.1 Å². The number of carbonyl (C=O) groups excluding carboxylic acids is 2. The molecule has 1 aliphatic rings. The minimum atomic E-state index is -0.410. The molecule has 0 spiro atoms. The second-order valence-electron chi connectivity index (χ2n) is 6.64. The number of halogens is 1. The second kappa shape index (κ2) is 9.23. The Balaban J connectivity index is 1.43. The van der Waals surface area contributed by atoms with Gasteiger partial charge in [0.15, 0.2) is 0 Å². The molecule has 0 saturated carbocycles. The molecule has 1 aliphatic heterocycles. The Kier molecular flexibility index (Phi) is 6.23. The molecule has 4 heterocycles. The van der Waals surface area contributed by atoms with Crippen LogP contribution in [0.25, 0.3) is 0 Å². The molecule has 2 amide bonds. The molecule has 0 bridgehead atoms. The Morgan fingerprint density at radius 3 is 3.03 bits per heavy atom. The minimum Gasteiger partial charge on any atom is -0.462 e. The SMILES string of the molecule is C[C@H]1C(=O)NCCN1c1cnccc1C(=O)Nc1nnc(OCc2ccc(Cl)cn2)s1. The number of carbonyl (C=O) groups is 2. The van der Waals surface area contributed by atoms with E-state index in [1.807, 2.05) is 4.90 Å². The molecule has 1 saturated heterocycles. The maximum atomic E-state index is 12.9. The number of amides is 2. The fraction of sp³-hybridized carbons (Fsp3) is 0.263. The summed E-state index contributed by atoms with van der Waals surface area (Å²) in [5.74, 6) is -0.472. The van der Waals surface area contributed by atoms with Crippen LogP contribution in [0.3, 0.4) is 0 Å². The first-order chi connectivity index (χ1) is 15.0. The van der Waals surface area contributed by atoms with Gasteiger partial charge in [-0.3, -0.25) is 24.9 Å². The topological polar surface area (TPSA) is 122 Å². The fourth-order valence-electron chi connectivity index (χ4n) is 3.03. The highest BCUT2D eigenvalue weighted by atomic mass is 35.5. The van der Waals surface area contributed by atoms with Crippen molar-refractivity contribution in [2.75, 3.05) is 23.3 Å². The number of hydrogen-bond donors (Lipinski definition) is 2. The van der Waals surface area contributed by atoms with Crippen molar-refractivity contribution in [2.24, 2.45) is 0 Å². The van der Waals surface area contributed by atoms with Crippen molar-refractivity contribution in [2.45, 2.75) is 19.6 Å². The Hall–Kier alpha value is -3.31. The van der Waals surface area contributed by atoms with Crippen LogP contribution in [0, 0.1) is 0 Å². The van der Waals surface area contributed by atoms with Crippen LogP contribution in [-0.4, -0.2) is 51.1 Å². The Bertz CT molecular complexity index is 1090. The van der Waals surface area contributed by atoms with E-state index in [2.05, 4.69) is 30.8 Å². The first-order valence-electron chi connectivity index (χ1n) is 9.37. The van der Waals surface area contributed by atoms with Crippen molar-refractivity contribution in [1.29, 1.82) is 0 Å². The summed E-state index contributed by atoms with van der Waals surface area (Å²) in [7, 11) is 0. The van der Waals surface area contributed by atoms with Crippen molar-refractivity contribution < 1.29 is 14.3 Å². The van der Waals surface area contributed by atoms with Crippen LogP contribution < -0.4 is 20.3 Å². The molecule has 3 aromatic heterocycles. The molecule has 0 aromatic carbocycles. The lowest BCUT2D eigenvalue weighted by atomic mass is 10.1.